The summed E-state index contributed by atoms with van der Waals surface area (Å²) >= 11 is 0. The van der Waals surface area contributed by atoms with Crippen molar-refractivity contribution in [2.24, 2.45) is 5.92 Å². The van der Waals surface area contributed by atoms with Gasteiger partial charge in [0.1, 0.15) is 5.75 Å². The van der Waals surface area contributed by atoms with Gasteiger partial charge in [0.25, 0.3) is 5.56 Å². The predicted octanol–water partition coefficient (Wildman–Crippen LogP) is 2.92. The number of aromatic nitrogens is 1. The van der Waals surface area contributed by atoms with Crippen LogP contribution in [0.1, 0.15) is 39.5 Å². The number of hydrogen-bond acceptors (Lipinski definition) is 6. The molecule has 2 aromatic rings. The zero-order valence-corrected chi connectivity index (χ0v) is 18.3. The summed E-state index contributed by atoms with van der Waals surface area (Å²) in [5.41, 5.74) is 0.327. The molecule has 1 aromatic carbocycles. The Morgan fingerprint density at radius 3 is 2.23 bits per heavy atom. The van der Waals surface area contributed by atoms with E-state index in [1.807, 2.05) is 13.8 Å². The van der Waals surface area contributed by atoms with Crippen molar-refractivity contribution in [2.45, 2.75) is 62.9 Å². The maximum Gasteiger partial charge on any atom is 0.258 e. The van der Waals surface area contributed by atoms with E-state index in [1.165, 1.54) is 22.8 Å². The van der Waals surface area contributed by atoms with E-state index >= 15 is 0 Å². The van der Waals surface area contributed by atoms with E-state index in [0.29, 0.717) is 11.4 Å². The predicted molar refractivity (Wildman–Crippen MR) is 114 cm³/mol. The van der Waals surface area contributed by atoms with Crippen molar-refractivity contribution in [3.8, 4) is 11.4 Å². The van der Waals surface area contributed by atoms with Crippen LogP contribution in [0.5, 0.6) is 5.75 Å². The van der Waals surface area contributed by atoms with Crippen molar-refractivity contribution < 1.29 is 23.0 Å². The monoisotopic (exact) mass is 435 g/mol. The van der Waals surface area contributed by atoms with Gasteiger partial charge in [-0.1, -0.05) is 0 Å². The lowest BCUT2D eigenvalue weighted by atomic mass is 9.87. The molecule has 3 rings (SSSR count). The Hall–Kier alpha value is -2.16. The number of nitrogens with zero attached hydrogens (tertiary/aromatic N) is 1. The Morgan fingerprint density at radius 2 is 1.70 bits per heavy atom. The van der Waals surface area contributed by atoms with E-state index in [4.69, 9.17) is 9.47 Å². The lowest BCUT2D eigenvalue weighted by Crippen LogP contribution is -2.33. The van der Waals surface area contributed by atoms with Crippen LogP contribution in [0.2, 0.25) is 0 Å². The van der Waals surface area contributed by atoms with Crippen molar-refractivity contribution in [1.29, 1.82) is 0 Å². The van der Waals surface area contributed by atoms with Gasteiger partial charge in [0.05, 0.1) is 17.1 Å². The van der Waals surface area contributed by atoms with Crippen LogP contribution < -0.4 is 10.3 Å². The standard InChI is InChI=1S/C22H29NO6S/c1-15(2)28-22(25)16-4-8-18(9-5-16)29-19-12-13-23(21(24)14-19)17-6-10-20(11-7-17)30(3,26)27/h6-7,10-16,18,22,25H,4-5,8-9H2,1-3H3. The average Bonchev–Trinajstić information content (AvgIpc) is 2.67. The third-order valence-corrected chi connectivity index (χ3v) is 6.40. The Morgan fingerprint density at radius 1 is 1.07 bits per heavy atom. The van der Waals surface area contributed by atoms with Crippen LogP contribution in [0.3, 0.4) is 0 Å². The highest BCUT2D eigenvalue weighted by Crippen LogP contribution is 2.30. The van der Waals surface area contributed by atoms with Gasteiger partial charge in [-0.15, -0.1) is 0 Å². The molecule has 1 aliphatic carbocycles. The molecule has 8 heteroatoms. The summed E-state index contributed by atoms with van der Waals surface area (Å²) in [5.74, 6) is 0.613. The fourth-order valence-corrected chi connectivity index (χ4v) is 4.31. The first-order chi connectivity index (χ1) is 14.1. The quantitative estimate of drug-likeness (QED) is 0.672. The number of aliphatic hydroxyl groups is 1. The van der Waals surface area contributed by atoms with Crippen LogP contribution in [0.15, 0.2) is 52.3 Å². The van der Waals surface area contributed by atoms with Crippen LogP contribution in [0.25, 0.3) is 5.69 Å². The Bertz CT molecular complexity index is 1000. The third-order valence-electron chi connectivity index (χ3n) is 5.27. The molecule has 0 saturated heterocycles. The molecule has 0 aliphatic heterocycles. The summed E-state index contributed by atoms with van der Waals surface area (Å²) in [4.78, 5) is 12.7. The summed E-state index contributed by atoms with van der Waals surface area (Å²) in [6.07, 6.45) is 5.21. The van der Waals surface area contributed by atoms with Crippen LogP contribution in [0, 0.1) is 5.92 Å². The highest BCUT2D eigenvalue weighted by atomic mass is 32.2. The van der Waals surface area contributed by atoms with Gasteiger partial charge >= 0.3 is 0 Å². The van der Waals surface area contributed by atoms with Gasteiger partial charge in [-0.2, -0.15) is 0 Å². The molecule has 0 bridgehead atoms. The van der Waals surface area contributed by atoms with E-state index in [9.17, 15) is 18.3 Å². The smallest absolute Gasteiger partial charge is 0.258 e. The molecule has 1 aliphatic rings. The number of benzene rings is 1. The van der Waals surface area contributed by atoms with Crippen LogP contribution >= 0.6 is 0 Å². The average molecular weight is 436 g/mol. The Balaban J connectivity index is 1.62. The molecule has 164 valence electrons. The van der Waals surface area contributed by atoms with Crippen molar-refractivity contribution in [2.75, 3.05) is 6.26 Å². The Kier molecular flexibility index (Phi) is 7.00. The van der Waals surface area contributed by atoms with Gasteiger partial charge in [0.15, 0.2) is 16.1 Å². The molecule has 1 N–H and O–H groups in total. The van der Waals surface area contributed by atoms with Crippen molar-refractivity contribution in [1.82, 2.24) is 4.57 Å². The van der Waals surface area contributed by atoms with Crippen molar-refractivity contribution in [3.63, 3.8) is 0 Å². The second kappa shape index (κ2) is 9.32. The number of ether oxygens (including phenoxy) is 2. The first-order valence-electron chi connectivity index (χ1n) is 10.2. The van der Waals surface area contributed by atoms with Gasteiger partial charge in [-0.25, -0.2) is 8.42 Å². The van der Waals surface area contributed by atoms with Gasteiger partial charge < -0.3 is 14.6 Å². The lowest BCUT2D eigenvalue weighted by molar-refractivity contribution is -0.165. The van der Waals surface area contributed by atoms with E-state index in [2.05, 4.69) is 0 Å². The summed E-state index contributed by atoms with van der Waals surface area (Å²) in [5, 5.41) is 10.1. The summed E-state index contributed by atoms with van der Waals surface area (Å²) in [6.45, 7) is 3.81. The van der Waals surface area contributed by atoms with Gasteiger partial charge in [0, 0.05) is 30.1 Å². The fourth-order valence-electron chi connectivity index (χ4n) is 3.68. The molecular formula is C22H29NO6S. The molecule has 1 heterocycles. The zero-order chi connectivity index (χ0) is 21.9. The summed E-state index contributed by atoms with van der Waals surface area (Å²) in [7, 11) is -3.28. The van der Waals surface area contributed by atoms with Crippen molar-refractivity contribution in [3.05, 3.63) is 52.9 Å². The zero-order valence-electron chi connectivity index (χ0n) is 17.5. The molecule has 1 fully saturated rings. The largest absolute Gasteiger partial charge is 0.490 e. The molecular weight excluding hydrogens is 406 g/mol. The molecule has 0 amide bonds. The summed E-state index contributed by atoms with van der Waals surface area (Å²) < 4.78 is 36.1. The second-order valence-corrected chi connectivity index (χ2v) is 10.1. The Labute approximate surface area is 177 Å². The number of pyridine rings is 1. The lowest BCUT2D eigenvalue weighted by Gasteiger charge is -2.32. The minimum Gasteiger partial charge on any atom is -0.490 e. The maximum atomic E-state index is 12.5. The SMILES string of the molecule is CC(C)OC(O)C1CCC(Oc2ccn(-c3ccc(S(C)(=O)=O)cc3)c(=O)c2)CC1. The minimum atomic E-state index is -3.28. The molecule has 30 heavy (non-hydrogen) atoms. The topological polar surface area (TPSA) is 94.8 Å². The second-order valence-electron chi connectivity index (χ2n) is 8.07. The number of sulfone groups is 1. The third kappa shape index (κ3) is 5.71. The number of hydrogen-bond donors (Lipinski definition) is 1. The molecule has 0 radical (unpaired) electrons. The first-order valence-corrected chi connectivity index (χ1v) is 12.1. The number of rotatable bonds is 7. The molecule has 1 saturated carbocycles. The van der Waals surface area contributed by atoms with Gasteiger partial charge in [-0.3, -0.25) is 9.36 Å². The maximum absolute atomic E-state index is 12.5. The normalized spacial score (nSPS) is 20.8. The van der Waals surface area contributed by atoms with E-state index in [0.717, 1.165) is 31.9 Å². The molecule has 1 aromatic heterocycles. The first kappa shape index (κ1) is 22.5. The highest BCUT2D eigenvalue weighted by molar-refractivity contribution is 7.90. The van der Waals surface area contributed by atoms with Crippen molar-refractivity contribution >= 4 is 9.84 Å². The number of aliphatic hydroxyl groups excluding tert-OH is 1. The van der Waals surface area contributed by atoms with Gasteiger partial charge in [0.2, 0.25) is 0 Å². The molecule has 1 unspecified atom stereocenters. The van der Waals surface area contributed by atoms with Crippen LogP contribution in [-0.4, -0.2) is 42.8 Å². The van der Waals surface area contributed by atoms with E-state index < -0.39 is 16.1 Å². The van der Waals surface area contributed by atoms with Crippen LogP contribution in [0.4, 0.5) is 0 Å². The molecule has 7 nitrogen and oxygen atoms in total. The molecule has 1 atom stereocenters. The minimum absolute atomic E-state index is 0.00297. The highest BCUT2D eigenvalue weighted by Gasteiger charge is 2.28. The van der Waals surface area contributed by atoms with E-state index in [-0.39, 0.29) is 28.6 Å². The van der Waals surface area contributed by atoms with Gasteiger partial charge in [-0.05, 0) is 69.9 Å². The summed E-state index contributed by atoms with van der Waals surface area (Å²) in [6, 6.07) is 9.34. The van der Waals surface area contributed by atoms with Crippen LogP contribution in [-0.2, 0) is 14.6 Å². The molecule has 0 spiro atoms. The fraction of sp³-hybridized carbons (Fsp3) is 0.500. The van der Waals surface area contributed by atoms with E-state index in [1.54, 1.807) is 24.4 Å².